The number of nitrogens with two attached hydrogens (primary N) is 1. The van der Waals surface area contributed by atoms with Crippen molar-refractivity contribution in [1.82, 2.24) is 25.9 Å². The van der Waals surface area contributed by atoms with Crippen LogP contribution in [0.3, 0.4) is 0 Å². The molecule has 1 aromatic carbocycles. The molecule has 1 unspecified atom stereocenters. The van der Waals surface area contributed by atoms with Crippen LogP contribution in [0, 0.1) is 17.2 Å². The van der Waals surface area contributed by atoms with Gasteiger partial charge in [-0.25, -0.2) is 28.3 Å². The zero-order valence-electron chi connectivity index (χ0n) is 25.9. The molecular weight excluding hydrogens is 639 g/mol. The molecule has 0 spiro atoms. The van der Waals surface area contributed by atoms with E-state index in [9.17, 15) is 31.2 Å². The van der Waals surface area contributed by atoms with Crippen LogP contribution in [0.1, 0.15) is 55.5 Å². The molecule has 3 heterocycles. The number of benzene rings is 1. The number of anilines is 2. The molecule has 17 heteroatoms. The van der Waals surface area contributed by atoms with Crippen LogP contribution in [0.15, 0.2) is 30.3 Å². The van der Waals surface area contributed by atoms with Crippen molar-refractivity contribution < 1.29 is 31.2 Å². The number of primary sulfonamides is 1. The zero-order valence-corrected chi connectivity index (χ0v) is 26.7. The summed E-state index contributed by atoms with van der Waals surface area (Å²) in [4.78, 5) is 36.1. The number of halogens is 3. The smallest absolute Gasteiger partial charge is 0.356 e. The van der Waals surface area contributed by atoms with Gasteiger partial charge in [0, 0.05) is 45.3 Å². The molecule has 4 rings (SSSR count). The van der Waals surface area contributed by atoms with Crippen molar-refractivity contribution in [3.05, 3.63) is 47.3 Å². The first-order chi connectivity index (χ1) is 22.3. The maximum Gasteiger partial charge on any atom is 0.451 e. The van der Waals surface area contributed by atoms with Crippen LogP contribution in [-0.4, -0.2) is 81.4 Å². The van der Waals surface area contributed by atoms with Crippen molar-refractivity contribution in [2.24, 2.45) is 11.1 Å². The fourth-order valence-electron chi connectivity index (χ4n) is 5.78. The lowest BCUT2D eigenvalue weighted by Gasteiger charge is -2.34. The van der Waals surface area contributed by atoms with Crippen molar-refractivity contribution in [3.63, 3.8) is 0 Å². The number of nitrogens with one attached hydrogen (secondary N) is 3. The molecule has 0 saturated carbocycles. The van der Waals surface area contributed by atoms with Crippen molar-refractivity contribution in [2.75, 3.05) is 54.8 Å². The van der Waals surface area contributed by atoms with Gasteiger partial charge >= 0.3 is 12.2 Å². The molecule has 2 aliphatic rings. The van der Waals surface area contributed by atoms with Gasteiger partial charge in [0.2, 0.25) is 21.8 Å². The van der Waals surface area contributed by atoms with Crippen LogP contribution in [0.5, 0.6) is 0 Å². The quantitative estimate of drug-likeness (QED) is 0.231. The van der Waals surface area contributed by atoms with Crippen molar-refractivity contribution >= 4 is 33.6 Å². The van der Waals surface area contributed by atoms with Gasteiger partial charge in [-0.3, -0.25) is 4.79 Å². The average Bonchev–Trinajstić information content (AvgIpc) is 3.53. The summed E-state index contributed by atoms with van der Waals surface area (Å²) in [5.74, 6) is -1.31. The van der Waals surface area contributed by atoms with Gasteiger partial charge in [-0.15, -0.1) is 0 Å². The molecule has 1 aromatic heterocycles. The molecule has 0 radical (unpaired) electrons. The lowest BCUT2D eigenvalue weighted by molar-refractivity contribution is -0.144. The lowest BCUT2D eigenvalue weighted by Crippen LogP contribution is -2.44. The van der Waals surface area contributed by atoms with Crippen molar-refractivity contribution in [3.8, 4) is 6.07 Å². The third kappa shape index (κ3) is 11.0. The Balaban J connectivity index is 1.30. The Morgan fingerprint density at radius 1 is 0.979 bits per heavy atom. The minimum absolute atomic E-state index is 0.0719. The molecule has 2 aliphatic heterocycles. The number of piperidine rings is 1. The molecule has 2 fully saturated rings. The van der Waals surface area contributed by atoms with Crippen LogP contribution in [-0.2, 0) is 27.4 Å². The Labute approximate surface area is 272 Å². The predicted molar refractivity (Wildman–Crippen MR) is 169 cm³/mol. The van der Waals surface area contributed by atoms with E-state index in [1.165, 1.54) is 6.07 Å². The van der Waals surface area contributed by atoms with Crippen LogP contribution >= 0.6 is 0 Å². The number of nitriles is 1. The van der Waals surface area contributed by atoms with E-state index in [1.54, 1.807) is 17.0 Å². The first-order valence-corrected chi connectivity index (χ1v) is 17.3. The maximum absolute atomic E-state index is 13.9. The lowest BCUT2D eigenvalue weighted by atomic mass is 9.92. The summed E-state index contributed by atoms with van der Waals surface area (Å²) in [6.45, 7) is 2.04. The van der Waals surface area contributed by atoms with Crippen LogP contribution < -0.4 is 30.9 Å². The van der Waals surface area contributed by atoms with Gasteiger partial charge in [0.05, 0.1) is 17.4 Å². The van der Waals surface area contributed by atoms with Gasteiger partial charge in [0.25, 0.3) is 0 Å². The third-order valence-corrected chi connectivity index (χ3v) is 9.06. The minimum Gasteiger partial charge on any atom is -0.356 e. The van der Waals surface area contributed by atoms with Gasteiger partial charge < -0.3 is 25.8 Å². The number of hydrogen-bond donors (Lipinski definition) is 4. The number of amides is 3. The van der Waals surface area contributed by atoms with E-state index >= 15 is 0 Å². The molecule has 1 atom stereocenters. The maximum atomic E-state index is 13.9. The second kappa shape index (κ2) is 16.1. The van der Waals surface area contributed by atoms with E-state index in [0.29, 0.717) is 69.9 Å². The highest BCUT2D eigenvalue weighted by atomic mass is 32.2. The Morgan fingerprint density at radius 3 is 2.32 bits per heavy atom. The largest absolute Gasteiger partial charge is 0.451 e. The fraction of sp³-hybridized carbons (Fsp3) is 0.567. The SMILES string of the molecule is N#Cc1ccc(CCNC(=O)C2CCCN2c2cc(N3CCC(CCCNC(=O)NCCS(N)(=O)=O)CC3)nc(C(F)(F)F)n2)cc1. The van der Waals surface area contributed by atoms with Gasteiger partial charge in [0.15, 0.2) is 0 Å². The van der Waals surface area contributed by atoms with Crippen LogP contribution in [0.25, 0.3) is 0 Å². The highest BCUT2D eigenvalue weighted by Crippen LogP contribution is 2.34. The van der Waals surface area contributed by atoms with E-state index in [0.717, 1.165) is 24.8 Å². The van der Waals surface area contributed by atoms with Crippen molar-refractivity contribution in [1.29, 1.82) is 5.26 Å². The summed E-state index contributed by atoms with van der Waals surface area (Å²) in [5, 5.41) is 21.8. The topological polar surface area (TPSA) is 186 Å². The van der Waals surface area contributed by atoms with E-state index in [4.69, 9.17) is 10.4 Å². The molecule has 2 saturated heterocycles. The number of carbonyl (C=O) groups excluding carboxylic acids is 2. The predicted octanol–water partition coefficient (Wildman–Crippen LogP) is 2.28. The number of sulfonamides is 1. The number of hydrogen-bond acceptors (Lipinski definition) is 9. The number of aromatic nitrogens is 2. The van der Waals surface area contributed by atoms with E-state index in [2.05, 4.69) is 32.0 Å². The fourth-order valence-corrected chi connectivity index (χ4v) is 6.16. The third-order valence-electron chi connectivity index (χ3n) is 8.28. The summed E-state index contributed by atoms with van der Waals surface area (Å²) in [5.41, 5.74) is 1.49. The standard InChI is InChI=1S/C30H40F3N9O4S/c31-30(32,33)28-39-25(41-16-10-21(11-17-41)3-1-12-37-29(44)38-14-18-47(35,45)46)19-26(40-28)42-15-2-4-24(42)27(43)36-13-9-22-5-7-23(20-34)8-6-22/h5-8,19,21,24H,1-4,9-18H2,(H,36,43)(H2,35,45,46)(H2,37,38,44). The molecule has 13 nitrogen and oxygen atoms in total. The minimum atomic E-state index is -4.76. The molecular formula is C30H40F3N9O4S. The Hall–Kier alpha value is -4.17. The van der Waals surface area contributed by atoms with Crippen LogP contribution in [0.4, 0.5) is 29.6 Å². The Kier molecular flexibility index (Phi) is 12.2. The molecule has 256 valence electrons. The second-order valence-corrected chi connectivity index (χ2v) is 13.5. The highest BCUT2D eigenvalue weighted by molar-refractivity contribution is 7.89. The van der Waals surface area contributed by atoms with E-state index in [1.807, 2.05) is 17.0 Å². The average molecular weight is 680 g/mol. The second-order valence-electron chi connectivity index (χ2n) is 11.7. The van der Waals surface area contributed by atoms with Gasteiger partial charge in [-0.1, -0.05) is 12.1 Å². The zero-order chi connectivity index (χ0) is 34.0. The molecule has 2 aromatic rings. The molecule has 47 heavy (non-hydrogen) atoms. The van der Waals surface area contributed by atoms with Crippen molar-refractivity contribution in [2.45, 2.75) is 57.2 Å². The van der Waals surface area contributed by atoms with E-state index in [-0.39, 0.29) is 29.8 Å². The summed E-state index contributed by atoms with van der Waals surface area (Å²) in [6, 6.07) is 9.50. The molecule has 3 amide bonds. The number of carbonyl (C=O) groups is 2. The Bertz CT molecular complexity index is 1530. The molecule has 5 N–H and O–H groups in total. The normalized spacial score (nSPS) is 17.3. The first-order valence-electron chi connectivity index (χ1n) is 15.6. The van der Waals surface area contributed by atoms with Crippen LogP contribution in [0.2, 0.25) is 0 Å². The Morgan fingerprint density at radius 2 is 1.66 bits per heavy atom. The molecule has 0 aliphatic carbocycles. The van der Waals surface area contributed by atoms with E-state index < -0.39 is 34.1 Å². The summed E-state index contributed by atoms with van der Waals surface area (Å²) in [6.07, 6.45) is -0.138. The summed E-state index contributed by atoms with van der Waals surface area (Å²) >= 11 is 0. The highest BCUT2D eigenvalue weighted by Gasteiger charge is 2.39. The van der Waals surface area contributed by atoms with Gasteiger partial charge in [0.1, 0.15) is 17.7 Å². The molecule has 0 bridgehead atoms. The monoisotopic (exact) mass is 679 g/mol. The number of nitrogens with zero attached hydrogens (tertiary/aromatic N) is 5. The van der Waals surface area contributed by atoms with Gasteiger partial charge in [-0.05, 0) is 68.6 Å². The summed E-state index contributed by atoms with van der Waals surface area (Å²) in [7, 11) is -3.65. The van der Waals surface area contributed by atoms with Gasteiger partial charge in [-0.2, -0.15) is 18.4 Å². The number of urea groups is 1. The number of rotatable bonds is 13. The summed E-state index contributed by atoms with van der Waals surface area (Å²) < 4.78 is 63.6. The number of alkyl halides is 3. The first kappa shape index (κ1) is 35.7.